The summed E-state index contributed by atoms with van der Waals surface area (Å²) >= 11 is 6.06. The summed E-state index contributed by atoms with van der Waals surface area (Å²) in [5, 5.41) is 14.3. The van der Waals surface area contributed by atoms with Crippen LogP contribution in [0.4, 0.5) is 11.5 Å². The summed E-state index contributed by atoms with van der Waals surface area (Å²) in [6.07, 6.45) is 1.74. The molecule has 0 bridgehead atoms. The lowest BCUT2D eigenvalue weighted by molar-refractivity contribution is 1.04. The average molecular weight is 326 g/mol. The zero-order chi connectivity index (χ0) is 16.2. The predicted octanol–water partition coefficient (Wildman–Crippen LogP) is 3.80. The number of nitrogens with zero attached hydrogens (tertiary/aromatic N) is 4. The van der Waals surface area contributed by atoms with Crippen molar-refractivity contribution in [2.75, 3.05) is 24.4 Å². The van der Waals surface area contributed by atoms with Crippen molar-refractivity contribution in [1.82, 2.24) is 10.2 Å². The van der Waals surface area contributed by atoms with Crippen LogP contribution >= 0.6 is 11.6 Å². The molecule has 5 nitrogen and oxygen atoms in total. The van der Waals surface area contributed by atoms with Crippen LogP contribution in [0.1, 0.15) is 5.56 Å². The minimum absolute atomic E-state index is 0.384. The Hall–Kier alpha value is -2.66. The Morgan fingerprint density at radius 1 is 1.00 bits per heavy atom. The van der Waals surface area contributed by atoms with Crippen molar-refractivity contribution in [3.05, 3.63) is 59.2 Å². The van der Waals surface area contributed by atoms with E-state index in [1.165, 1.54) is 0 Å². The number of fused-ring (bicyclic) bond motifs is 1. The van der Waals surface area contributed by atoms with Crippen molar-refractivity contribution < 1.29 is 0 Å². The third-order valence-corrected chi connectivity index (χ3v) is 3.71. The fourth-order valence-corrected chi connectivity index (χ4v) is 2.38. The molecule has 3 aromatic rings. The van der Waals surface area contributed by atoms with Gasteiger partial charge >= 0.3 is 0 Å². The van der Waals surface area contributed by atoms with Gasteiger partial charge in [0.25, 0.3) is 0 Å². The average Bonchev–Trinajstić information content (AvgIpc) is 2.58. The van der Waals surface area contributed by atoms with E-state index >= 15 is 0 Å². The molecular formula is C17H16ClN5. The minimum Gasteiger partial charge on any atom is -0.378 e. The van der Waals surface area contributed by atoms with Crippen molar-refractivity contribution in [3.8, 4) is 0 Å². The molecule has 0 spiro atoms. The van der Waals surface area contributed by atoms with Crippen LogP contribution in [0.15, 0.2) is 53.6 Å². The van der Waals surface area contributed by atoms with Crippen LogP contribution in [0.2, 0.25) is 5.15 Å². The lowest BCUT2D eigenvalue weighted by Crippen LogP contribution is -2.08. The first-order valence-corrected chi connectivity index (χ1v) is 7.50. The molecule has 0 aliphatic rings. The molecule has 6 heteroatoms. The van der Waals surface area contributed by atoms with Gasteiger partial charge in [0.2, 0.25) is 0 Å². The fourth-order valence-electron chi connectivity index (χ4n) is 2.18. The van der Waals surface area contributed by atoms with Crippen LogP contribution in [0.5, 0.6) is 0 Å². The molecule has 0 aliphatic heterocycles. The van der Waals surface area contributed by atoms with Gasteiger partial charge in [0.15, 0.2) is 11.0 Å². The summed E-state index contributed by atoms with van der Waals surface area (Å²) in [6, 6.07) is 15.8. The number of hydrogen-bond donors (Lipinski definition) is 1. The Labute approximate surface area is 139 Å². The van der Waals surface area contributed by atoms with Crippen LogP contribution in [0, 0.1) is 0 Å². The van der Waals surface area contributed by atoms with E-state index < -0.39 is 0 Å². The highest BCUT2D eigenvalue weighted by Gasteiger charge is 2.06. The van der Waals surface area contributed by atoms with Crippen LogP contribution in [0.3, 0.4) is 0 Å². The molecule has 1 aromatic heterocycles. The molecule has 23 heavy (non-hydrogen) atoms. The Bertz CT molecular complexity index is 843. The van der Waals surface area contributed by atoms with E-state index in [-0.39, 0.29) is 0 Å². The molecule has 0 amide bonds. The van der Waals surface area contributed by atoms with Crippen molar-refractivity contribution in [2.45, 2.75) is 0 Å². The summed E-state index contributed by atoms with van der Waals surface area (Å²) in [4.78, 5) is 2.05. The van der Waals surface area contributed by atoms with Crippen LogP contribution in [-0.2, 0) is 0 Å². The first-order chi connectivity index (χ1) is 11.1. The molecular weight excluding hydrogens is 310 g/mol. The number of rotatable bonds is 4. The van der Waals surface area contributed by atoms with Crippen LogP contribution < -0.4 is 10.3 Å². The standard InChI is InChI=1S/C17H16ClN5/c1-23(2)13-9-7-12(8-10-13)11-19-21-17-15-6-4-3-5-14(15)16(18)20-22-17/h3-11H,1-2H3,(H,21,22)/b19-11-. The predicted molar refractivity (Wildman–Crippen MR) is 96.5 cm³/mol. The monoisotopic (exact) mass is 325 g/mol. The highest BCUT2D eigenvalue weighted by atomic mass is 35.5. The van der Waals surface area contributed by atoms with E-state index in [0.29, 0.717) is 11.0 Å². The quantitative estimate of drug-likeness (QED) is 0.585. The zero-order valence-electron chi connectivity index (χ0n) is 12.9. The largest absolute Gasteiger partial charge is 0.378 e. The van der Waals surface area contributed by atoms with Gasteiger partial charge in [-0.15, -0.1) is 10.2 Å². The van der Waals surface area contributed by atoms with Gasteiger partial charge in [-0.25, -0.2) is 0 Å². The second-order valence-corrected chi connectivity index (χ2v) is 5.60. The third kappa shape index (κ3) is 3.40. The number of anilines is 2. The van der Waals surface area contributed by atoms with Crippen LogP contribution in [0.25, 0.3) is 10.8 Å². The van der Waals surface area contributed by atoms with E-state index in [1.54, 1.807) is 6.21 Å². The topological polar surface area (TPSA) is 53.4 Å². The minimum atomic E-state index is 0.384. The number of benzene rings is 2. The molecule has 0 aliphatic carbocycles. The first-order valence-electron chi connectivity index (χ1n) is 7.12. The maximum Gasteiger partial charge on any atom is 0.176 e. The zero-order valence-corrected chi connectivity index (χ0v) is 13.6. The summed E-state index contributed by atoms with van der Waals surface area (Å²) in [5.41, 5.74) is 5.07. The number of hydrazone groups is 1. The smallest absolute Gasteiger partial charge is 0.176 e. The van der Waals surface area contributed by atoms with Gasteiger partial charge in [0.05, 0.1) is 6.21 Å². The summed E-state index contributed by atoms with van der Waals surface area (Å²) in [5.74, 6) is 0.575. The Morgan fingerprint density at radius 3 is 2.39 bits per heavy atom. The number of hydrogen-bond acceptors (Lipinski definition) is 5. The maximum absolute atomic E-state index is 6.06. The number of halogens is 1. The van der Waals surface area contributed by atoms with Gasteiger partial charge in [-0.1, -0.05) is 48.0 Å². The van der Waals surface area contributed by atoms with Gasteiger partial charge in [-0.2, -0.15) is 5.10 Å². The molecule has 1 heterocycles. The molecule has 0 unspecified atom stereocenters. The van der Waals surface area contributed by atoms with E-state index in [1.807, 2.05) is 62.6 Å². The highest BCUT2D eigenvalue weighted by Crippen LogP contribution is 2.25. The van der Waals surface area contributed by atoms with Crippen molar-refractivity contribution in [3.63, 3.8) is 0 Å². The third-order valence-electron chi connectivity index (χ3n) is 3.44. The number of aromatic nitrogens is 2. The van der Waals surface area contributed by atoms with Crippen molar-refractivity contribution in [2.24, 2.45) is 5.10 Å². The van der Waals surface area contributed by atoms with Gasteiger partial charge in [0, 0.05) is 30.6 Å². The first kappa shape index (κ1) is 15.2. The lowest BCUT2D eigenvalue weighted by atomic mass is 10.2. The molecule has 0 saturated carbocycles. The van der Waals surface area contributed by atoms with E-state index in [9.17, 15) is 0 Å². The van der Waals surface area contributed by atoms with Gasteiger partial charge in [0.1, 0.15) is 0 Å². The molecule has 0 radical (unpaired) electrons. The van der Waals surface area contributed by atoms with E-state index in [4.69, 9.17) is 11.6 Å². The Morgan fingerprint density at radius 2 is 1.70 bits per heavy atom. The summed E-state index contributed by atoms with van der Waals surface area (Å²) < 4.78 is 0. The van der Waals surface area contributed by atoms with Gasteiger partial charge in [-0.3, -0.25) is 5.43 Å². The second kappa shape index (κ2) is 6.62. The SMILES string of the molecule is CN(C)c1ccc(/C=N\Nc2nnc(Cl)c3ccccc23)cc1. The molecule has 0 saturated heterocycles. The molecule has 116 valence electrons. The van der Waals surface area contributed by atoms with E-state index in [0.717, 1.165) is 22.0 Å². The van der Waals surface area contributed by atoms with Crippen molar-refractivity contribution in [1.29, 1.82) is 0 Å². The normalized spacial score (nSPS) is 11.1. The molecule has 2 aromatic carbocycles. The molecule has 0 atom stereocenters. The highest BCUT2D eigenvalue weighted by molar-refractivity contribution is 6.34. The summed E-state index contributed by atoms with van der Waals surface area (Å²) in [6.45, 7) is 0. The number of nitrogens with one attached hydrogen (secondary N) is 1. The van der Waals surface area contributed by atoms with Gasteiger partial charge in [-0.05, 0) is 17.7 Å². The molecule has 3 rings (SSSR count). The summed E-state index contributed by atoms with van der Waals surface area (Å²) in [7, 11) is 4.02. The molecule has 1 N–H and O–H groups in total. The molecule has 0 fully saturated rings. The van der Waals surface area contributed by atoms with Crippen molar-refractivity contribution >= 4 is 40.1 Å². The Balaban J connectivity index is 1.79. The maximum atomic E-state index is 6.06. The fraction of sp³-hybridized carbons (Fsp3) is 0.118. The second-order valence-electron chi connectivity index (χ2n) is 5.24. The Kier molecular flexibility index (Phi) is 4.39. The van der Waals surface area contributed by atoms with E-state index in [2.05, 4.69) is 25.6 Å². The van der Waals surface area contributed by atoms with Crippen LogP contribution in [-0.4, -0.2) is 30.5 Å². The lowest BCUT2D eigenvalue weighted by Gasteiger charge is -2.11. The van der Waals surface area contributed by atoms with Gasteiger partial charge < -0.3 is 4.90 Å².